The minimum absolute atomic E-state index is 0.0300. The number of hydrogen-bond acceptors (Lipinski definition) is 2. The van der Waals surface area contributed by atoms with Gasteiger partial charge in [-0.15, -0.1) is 0 Å². The fourth-order valence-corrected chi connectivity index (χ4v) is 2.18. The number of rotatable bonds is 2. The van der Waals surface area contributed by atoms with Gasteiger partial charge in [0.05, 0.1) is 5.92 Å². The van der Waals surface area contributed by atoms with Gasteiger partial charge in [-0.3, -0.25) is 4.79 Å². The fraction of sp³-hybridized carbons (Fsp3) is 0.500. The summed E-state index contributed by atoms with van der Waals surface area (Å²) in [6, 6.07) is 10.1. The summed E-state index contributed by atoms with van der Waals surface area (Å²) in [5.41, 5.74) is 1.24. The molecule has 0 unspecified atom stereocenters. The van der Waals surface area contributed by atoms with Crippen molar-refractivity contribution in [2.45, 2.75) is 33.3 Å². The third-order valence-electron chi connectivity index (χ3n) is 3.06. The lowest BCUT2D eigenvalue weighted by atomic mass is 9.75. The molecule has 1 aliphatic rings. The molecule has 1 aliphatic heterocycles. The van der Waals surface area contributed by atoms with Gasteiger partial charge in [0.2, 0.25) is 0 Å². The lowest BCUT2D eigenvalue weighted by Gasteiger charge is -2.43. The van der Waals surface area contributed by atoms with E-state index in [1.165, 1.54) is 5.56 Å². The minimum Gasteiger partial charge on any atom is -0.461 e. The zero-order chi connectivity index (χ0) is 11.8. The van der Waals surface area contributed by atoms with Crippen LogP contribution in [0.4, 0.5) is 0 Å². The van der Waals surface area contributed by atoms with E-state index in [-0.39, 0.29) is 23.4 Å². The molecule has 0 aromatic heterocycles. The normalized spacial score (nSPS) is 24.8. The van der Waals surface area contributed by atoms with Crippen molar-refractivity contribution in [2.24, 2.45) is 11.3 Å². The van der Waals surface area contributed by atoms with Gasteiger partial charge in [-0.1, -0.05) is 51.1 Å². The molecule has 16 heavy (non-hydrogen) atoms. The Hall–Kier alpha value is -1.31. The van der Waals surface area contributed by atoms with Crippen molar-refractivity contribution in [3.8, 4) is 0 Å². The van der Waals surface area contributed by atoms with E-state index in [1.54, 1.807) is 0 Å². The topological polar surface area (TPSA) is 26.3 Å². The van der Waals surface area contributed by atoms with Crippen LogP contribution in [0.3, 0.4) is 0 Å². The zero-order valence-electron chi connectivity index (χ0n) is 10.1. The first-order chi connectivity index (χ1) is 7.48. The van der Waals surface area contributed by atoms with E-state index in [9.17, 15) is 4.79 Å². The van der Waals surface area contributed by atoms with Gasteiger partial charge in [-0.2, -0.15) is 0 Å². The van der Waals surface area contributed by atoms with Gasteiger partial charge in [0.15, 0.2) is 0 Å². The lowest BCUT2D eigenvalue weighted by molar-refractivity contribution is -0.198. The third-order valence-corrected chi connectivity index (χ3v) is 3.06. The standard InChI is InChI=1S/C14H18O2/c1-14(2,3)12-11(13(15)16-12)9-10-7-5-4-6-8-10/h4-8,11-12H,9H2,1-3H3/t11-,12-/m0/s1. The Bertz CT molecular complexity index is 375. The molecule has 0 aliphatic carbocycles. The molecular weight excluding hydrogens is 200 g/mol. The van der Waals surface area contributed by atoms with E-state index < -0.39 is 0 Å². The second-order valence-electron chi connectivity index (χ2n) is 5.52. The number of carbonyl (C=O) groups is 1. The highest BCUT2D eigenvalue weighted by atomic mass is 16.6. The molecule has 2 nitrogen and oxygen atoms in total. The van der Waals surface area contributed by atoms with Crippen molar-refractivity contribution in [1.29, 1.82) is 0 Å². The van der Waals surface area contributed by atoms with Gasteiger partial charge in [0.1, 0.15) is 6.10 Å². The molecule has 2 heteroatoms. The van der Waals surface area contributed by atoms with Crippen LogP contribution in [-0.2, 0) is 16.0 Å². The number of hydrogen-bond donors (Lipinski definition) is 0. The van der Waals surface area contributed by atoms with Crippen LogP contribution in [0, 0.1) is 11.3 Å². The minimum atomic E-state index is -0.0521. The summed E-state index contributed by atoms with van der Waals surface area (Å²) in [4.78, 5) is 11.5. The molecule has 0 amide bonds. The Labute approximate surface area is 96.6 Å². The smallest absolute Gasteiger partial charge is 0.313 e. The van der Waals surface area contributed by atoms with Gasteiger partial charge in [0.25, 0.3) is 0 Å². The average molecular weight is 218 g/mol. The van der Waals surface area contributed by atoms with E-state index in [4.69, 9.17) is 4.74 Å². The molecule has 2 atom stereocenters. The summed E-state index contributed by atoms with van der Waals surface area (Å²) in [6.45, 7) is 6.34. The number of ether oxygens (including phenoxy) is 1. The maximum Gasteiger partial charge on any atom is 0.313 e. The molecular formula is C14H18O2. The summed E-state index contributed by atoms with van der Waals surface area (Å²) in [5, 5.41) is 0. The molecule has 2 rings (SSSR count). The van der Waals surface area contributed by atoms with Crippen LogP contribution in [0.15, 0.2) is 30.3 Å². The van der Waals surface area contributed by atoms with E-state index in [2.05, 4.69) is 32.9 Å². The first kappa shape index (κ1) is 11.2. The highest BCUT2D eigenvalue weighted by Crippen LogP contribution is 2.38. The molecule has 1 aromatic rings. The predicted octanol–water partition coefficient (Wildman–Crippen LogP) is 2.82. The van der Waals surface area contributed by atoms with Crippen LogP contribution in [0.25, 0.3) is 0 Å². The Balaban J connectivity index is 2.07. The second-order valence-corrected chi connectivity index (χ2v) is 5.52. The SMILES string of the molecule is CC(C)(C)[C@H]1OC(=O)[C@H]1Cc1ccccc1. The molecule has 0 bridgehead atoms. The molecule has 86 valence electrons. The molecule has 0 spiro atoms. The van der Waals surface area contributed by atoms with Crippen LogP contribution in [-0.4, -0.2) is 12.1 Å². The highest BCUT2D eigenvalue weighted by molar-refractivity contribution is 5.79. The van der Waals surface area contributed by atoms with Gasteiger partial charge >= 0.3 is 5.97 Å². The quantitative estimate of drug-likeness (QED) is 0.713. The summed E-state index contributed by atoms with van der Waals surface area (Å²) in [5.74, 6) is -0.0221. The number of cyclic esters (lactones) is 1. The first-order valence-corrected chi connectivity index (χ1v) is 5.73. The molecule has 1 heterocycles. The number of carbonyl (C=O) groups excluding carboxylic acids is 1. The summed E-state index contributed by atoms with van der Waals surface area (Å²) in [7, 11) is 0. The average Bonchev–Trinajstić information content (AvgIpc) is 2.22. The maximum atomic E-state index is 11.5. The third kappa shape index (κ3) is 2.11. The van der Waals surface area contributed by atoms with Crippen LogP contribution in [0.1, 0.15) is 26.3 Å². The van der Waals surface area contributed by atoms with E-state index in [0.29, 0.717) is 0 Å². The lowest BCUT2D eigenvalue weighted by Crippen LogP contribution is -2.53. The van der Waals surface area contributed by atoms with Gasteiger partial charge in [-0.05, 0) is 17.4 Å². The van der Waals surface area contributed by atoms with E-state index >= 15 is 0 Å². The Morgan fingerprint density at radius 3 is 2.31 bits per heavy atom. The predicted molar refractivity (Wildman–Crippen MR) is 63.0 cm³/mol. The summed E-state index contributed by atoms with van der Waals surface area (Å²) in [6.07, 6.45) is 0.849. The highest BCUT2D eigenvalue weighted by Gasteiger charge is 2.48. The Morgan fingerprint density at radius 1 is 1.19 bits per heavy atom. The van der Waals surface area contributed by atoms with E-state index in [1.807, 2.05) is 18.2 Å². The van der Waals surface area contributed by atoms with Gasteiger partial charge in [-0.25, -0.2) is 0 Å². The summed E-state index contributed by atoms with van der Waals surface area (Å²) < 4.78 is 5.25. The second kappa shape index (κ2) is 3.93. The van der Waals surface area contributed by atoms with Gasteiger partial charge < -0.3 is 4.74 Å². The first-order valence-electron chi connectivity index (χ1n) is 5.73. The molecule has 1 fully saturated rings. The van der Waals surface area contributed by atoms with Crippen molar-refractivity contribution < 1.29 is 9.53 Å². The number of benzene rings is 1. The molecule has 1 aromatic carbocycles. The molecule has 0 saturated carbocycles. The van der Waals surface area contributed by atoms with Crippen LogP contribution in [0.2, 0.25) is 0 Å². The Kier molecular flexibility index (Phi) is 2.75. The monoisotopic (exact) mass is 218 g/mol. The van der Waals surface area contributed by atoms with E-state index in [0.717, 1.165) is 6.42 Å². The molecule has 0 N–H and O–H groups in total. The van der Waals surface area contributed by atoms with Crippen molar-refractivity contribution in [3.05, 3.63) is 35.9 Å². The fourth-order valence-electron chi connectivity index (χ4n) is 2.18. The largest absolute Gasteiger partial charge is 0.461 e. The zero-order valence-corrected chi connectivity index (χ0v) is 10.1. The van der Waals surface area contributed by atoms with Crippen molar-refractivity contribution >= 4 is 5.97 Å². The van der Waals surface area contributed by atoms with Crippen molar-refractivity contribution in [1.82, 2.24) is 0 Å². The van der Waals surface area contributed by atoms with Crippen molar-refractivity contribution in [2.75, 3.05) is 0 Å². The summed E-state index contributed by atoms with van der Waals surface area (Å²) >= 11 is 0. The Morgan fingerprint density at radius 2 is 1.81 bits per heavy atom. The van der Waals surface area contributed by atoms with Gasteiger partial charge in [0, 0.05) is 0 Å². The van der Waals surface area contributed by atoms with Crippen LogP contribution < -0.4 is 0 Å². The maximum absolute atomic E-state index is 11.5. The van der Waals surface area contributed by atoms with Crippen molar-refractivity contribution in [3.63, 3.8) is 0 Å². The molecule has 0 radical (unpaired) electrons. The van der Waals surface area contributed by atoms with Crippen LogP contribution >= 0.6 is 0 Å². The molecule has 1 saturated heterocycles. The van der Waals surface area contributed by atoms with Crippen LogP contribution in [0.5, 0.6) is 0 Å². The number of esters is 1.